The van der Waals surface area contributed by atoms with Crippen LogP contribution in [0.25, 0.3) is 0 Å². The smallest absolute Gasteiger partial charge is 0.305 e. The Hall–Kier alpha value is -10.8. The van der Waals surface area contributed by atoms with Crippen molar-refractivity contribution in [3.05, 3.63) is 101 Å². The van der Waals surface area contributed by atoms with Crippen molar-refractivity contribution in [3.63, 3.8) is 0 Å². The summed E-state index contributed by atoms with van der Waals surface area (Å²) >= 11 is 0. The van der Waals surface area contributed by atoms with E-state index in [1.54, 1.807) is 60.7 Å². The lowest BCUT2D eigenvalue weighted by Gasteiger charge is -2.26. The maximum Gasteiger partial charge on any atom is 0.305 e. The molecule has 464 valence electrons. The summed E-state index contributed by atoms with van der Waals surface area (Å²) in [6.45, 7) is -4.68. The van der Waals surface area contributed by atoms with Crippen LogP contribution in [-0.2, 0) is 84.9 Å². The monoisotopic (exact) mass is 1210 g/mol. The van der Waals surface area contributed by atoms with Crippen LogP contribution in [0.15, 0.2) is 78.9 Å². The van der Waals surface area contributed by atoms with E-state index in [0.29, 0.717) is 36.2 Å². The molecule has 31 nitrogen and oxygen atoms in total. The number of nitrogens with one attached hydrogen (secondary N) is 11. The van der Waals surface area contributed by atoms with E-state index in [-0.39, 0.29) is 25.8 Å². The molecule has 0 radical (unpaired) electrons. The number of hydrogen-bond donors (Lipinski definition) is 15. The second-order valence-electron chi connectivity index (χ2n) is 19.2. The molecule has 3 aromatic carbocycles. The zero-order valence-electron chi connectivity index (χ0n) is 47.0. The third kappa shape index (κ3) is 25.7. The predicted molar refractivity (Wildman–Crippen MR) is 305 cm³/mol. The molecule has 0 saturated carbocycles. The number of carboxylic acids is 2. The second-order valence-corrected chi connectivity index (χ2v) is 19.2. The van der Waals surface area contributed by atoms with Gasteiger partial charge in [-0.25, -0.2) is 0 Å². The van der Waals surface area contributed by atoms with E-state index in [9.17, 15) is 82.1 Å². The fraction of sp³-hybridized carbons (Fsp3) is 0.375. The molecule has 17 N–H and O–H groups in total. The highest BCUT2D eigenvalue weighted by molar-refractivity contribution is 5.99. The number of benzene rings is 3. The maximum absolute atomic E-state index is 13.5. The van der Waals surface area contributed by atoms with Gasteiger partial charge in [-0.2, -0.15) is 0 Å². The van der Waals surface area contributed by atoms with Crippen LogP contribution in [0.3, 0.4) is 0 Å². The molecule has 0 unspecified atom stereocenters. The Balaban J connectivity index is 1.14. The fourth-order valence-electron chi connectivity index (χ4n) is 8.01. The van der Waals surface area contributed by atoms with Crippen LogP contribution in [0.2, 0.25) is 0 Å². The van der Waals surface area contributed by atoms with Crippen LogP contribution in [0.1, 0.15) is 67.2 Å². The van der Waals surface area contributed by atoms with Gasteiger partial charge in [0.2, 0.25) is 76.8 Å². The number of primary amides is 1. The molecule has 3 aromatic rings. The van der Waals surface area contributed by atoms with Gasteiger partial charge in [-0.1, -0.05) is 72.5 Å². The standard InChI is InChI=1S/C56H68N14O17/c57-21-9-8-15-37(53(58)84)66-48(77)30-64-54(85)38(22-33-10-2-1-3-11-33)68-49(78)31-65-56(87)40(24-52(82)83)69-47(76)29-62-45(74)27-60-43(72)25-59-44(73)26-61-46(75)28-63-55(86)39(23-51(80)81)67-42(71)19-20-50(79)70-32-36-14-5-4-12-34(36)17-18-35-13-6-7-16-41(35)70/h1-7,10-14,16,37-40H,8-9,15,19-32,57H2,(H2,58,84)(H,59,73)(H,60,72)(H,61,75)(H,62,74)(H,63,86)(H,64,85)(H,65,87)(H,66,77)(H,67,71)(H,68,78)(H,69,76)(H,80,81)(H,82,83)/t37-,38-,39-,40-/m0/s1. The molecule has 0 aliphatic carbocycles. The Bertz CT molecular complexity index is 3110. The quantitative estimate of drug-likeness (QED) is 0.0193. The number of carbonyl (C=O) groups is 15. The number of aliphatic carboxylic acids is 2. The summed E-state index contributed by atoms with van der Waals surface area (Å²) in [5.74, 6) is -8.41. The van der Waals surface area contributed by atoms with Crippen molar-refractivity contribution in [1.82, 2.24) is 58.5 Å². The molecule has 1 aliphatic heterocycles. The van der Waals surface area contributed by atoms with Gasteiger partial charge in [0.05, 0.1) is 70.9 Å². The number of para-hydroxylation sites is 1. The van der Waals surface area contributed by atoms with E-state index in [2.05, 4.69) is 70.3 Å². The first-order valence-corrected chi connectivity index (χ1v) is 27.0. The van der Waals surface area contributed by atoms with Gasteiger partial charge in [-0.05, 0) is 55.1 Å². The Kier molecular flexibility index (Phi) is 28.5. The van der Waals surface area contributed by atoms with E-state index in [4.69, 9.17) is 11.5 Å². The summed E-state index contributed by atoms with van der Waals surface area (Å²) in [6.07, 6.45) is -1.40. The molecular weight excluding hydrogens is 1140 g/mol. The summed E-state index contributed by atoms with van der Waals surface area (Å²) in [6, 6.07) is 16.8. The van der Waals surface area contributed by atoms with Gasteiger partial charge < -0.3 is 85.1 Å². The number of carbonyl (C=O) groups excluding carboxylic acids is 13. The molecule has 4 rings (SSSR count). The van der Waals surface area contributed by atoms with Gasteiger partial charge in [0.1, 0.15) is 24.2 Å². The number of amides is 13. The molecule has 31 heteroatoms. The minimum Gasteiger partial charge on any atom is -0.481 e. The minimum atomic E-state index is -1.78. The van der Waals surface area contributed by atoms with E-state index < -0.39 is 178 Å². The van der Waals surface area contributed by atoms with Gasteiger partial charge in [0.15, 0.2) is 0 Å². The van der Waals surface area contributed by atoms with Crippen molar-refractivity contribution in [2.45, 2.75) is 82.1 Å². The maximum atomic E-state index is 13.5. The van der Waals surface area contributed by atoms with E-state index in [0.717, 1.165) is 11.1 Å². The molecule has 0 aromatic heterocycles. The van der Waals surface area contributed by atoms with Crippen molar-refractivity contribution in [2.24, 2.45) is 11.5 Å². The molecule has 0 spiro atoms. The van der Waals surface area contributed by atoms with Gasteiger partial charge in [0, 0.05) is 30.4 Å². The lowest BCUT2D eigenvalue weighted by molar-refractivity contribution is -0.141. The van der Waals surface area contributed by atoms with Crippen molar-refractivity contribution < 1.29 is 82.1 Å². The highest BCUT2D eigenvalue weighted by atomic mass is 16.4. The highest BCUT2D eigenvalue weighted by Crippen LogP contribution is 2.26. The molecule has 13 amide bonds. The van der Waals surface area contributed by atoms with Crippen molar-refractivity contribution in [1.29, 1.82) is 0 Å². The van der Waals surface area contributed by atoms with Crippen LogP contribution < -0.4 is 74.9 Å². The van der Waals surface area contributed by atoms with Crippen molar-refractivity contribution in [2.75, 3.05) is 57.3 Å². The van der Waals surface area contributed by atoms with E-state index in [1.165, 1.54) is 4.90 Å². The zero-order valence-corrected chi connectivity index (χ0v) is 47.0. The van der Waals surface area contributed by atoms with Gasteiger partial charge in [-0.15, -0.1) is 0 Å². The van der Waals surface area contributed by atoms with Crippen LogP contribution in [0.5, 0.6) is 0 Å². The predicted octanol–water partition coefficient (Wildman–Crippen LogP) is -5.73. The lowest BCUT2D eigenvalue weighted by Crippen LogP contribution is -2.55. The number of rotatable bonds is 35. The largest absolute Gasteiger partial charge is 0.481 e. The molecule has 1 heterocycles. The Morgan fingerprint density at radius 3 is 1.39 bits per heavy atom. The molecule has 4 atom stereocenters. The van der Waals surface area contributed by atoms with E-state index in [1.807, 2.05) is 18.2 Å². The Morgan fingerprint density at radius 1 is 0.460 bits per heavy atom. The first-order valence-electron chi connectivity index (χ1n) is 27.0. The Labute approximate surface area is 497 Å². The lowest BCUT2D eigenvalue weighted by atomic mass is 10.0. The summed E-state index contributed by atoms with van der Waals surface area (Å²) in [4.78, 5) is 190. The topological polar surface area (TPSA) is 484 Å². The van der Waals surface area contributed by atoms with E-state index >= 15 is 0 Å². The second kappa shape index (κ2) is 36.1. The fourth-order valence-corrected chi connectivity index (χ4v) is 8.01. The minimum absolute atomic E-state index is 0.0817. The molecule has 87 heavy (non-hydrogen) atoms. The SMILES string of the molecule is NCCCC[C@H](NC(=O)CNC(=O)[C@H](Cc1ccccc1)NC(=O)CNC(=O)[C@H](CC(=O)O)NC(=O)CNC(=O)CNC(=O)CNC(=O)CNC(=O)CNC(=O)[C@H](CC(=O)O)NC(=O)CCC(=O)N1Cc2ccccc2C#Cc2ccccc21)C(N)=O. The molecule has 1 aliphatic rings. The van der Waals surface area contributed by atoms with Crippen LogP contribution >= 0.6 is 0 Å². The van der Waals surface area contributed by atoms with Crippen LogP contribution in [0.4, 0.5) is 5.69 Å². The van der Waals surface area contributed by atoms with Gasteiger partial charge in [0.25, 0.3) is 0 Å². The molecule has 0 fully saturated rings. The summed E-state index contributed by atoms with van der Waals surface area (Å²) in [5, 5.41) is 43.3. The van der Waals surface area contributed by atoms with Crippen molar-refractivity contribution in [3.8, 4) is 11.8 Å². The molecular formula is C56H68N14O17. The average Bonchev–Trinajstić information content (AvgIpc) is 2.55. The molecule has 0 bridgehead atoms. The number of nitrogens with zero attached hydrogens (tertiary/aromatic N) is 1. The van der Waals surface area contributed by atoms with Crippen LogP contribution in [-0.4, -0.2) is 175 Å². The highest BCUT2D eigenvalue weighted by Gasteiger charge is 2.29. The Morgan fingerprint density at radius 2 is 0.874 bits per heavy atom. The van der Waals surface area contributed by atoms with Gasteiger partial charge in [-0.3, -0.25) is 71.9 Å². The number of carboxylic acid groups (broad SMARTS) is 2. The first-order chi connectivity index (χ1) is 41.5. The van der Waals surface area contributed by atoms with Crippen LogP contribution in [0, 0.1) is 11.8 Å². The number of fused-ring (bicyclic) bond motifs is 2. The summed E-state index contributed by atoms with van der Waals surface area (Å²) in [5.41, 5.74) is 14.1. The third-order valence-corrected chi connectivity index (χ3v) is 12.4. The summed E-state index contributed by atoms with van der Waals surface area (Å²) in [7, 11) is 0. The van der Waals surface area contributed by atoms with Crippen molar-refractivity contribution >= 4 is 94.4 Å². The first kappa shape index (κ1) is 68.7. The zero-order chi connectivity index (χ0) is 63.8. The number of hydrogen-bond acceptors (Lipinski definition) is 16. The summed E-state index contributed by atoms with van der Waals surface area (Å²) < 4.78 is 0. The molecule has 0 saturated heterocycles. The third-order valence-electron chi connectivity index (χ3n) is 12.4. The van der Waals surface area contributed by atoms with Gasteiger partial charge >= 0.3 is 11.9 Å². The average molecular weight is 1210 g/mol. The normalized spacial score (nSPS) is 12.4. The number of unbranched alkanes of at least 4 members (excludes halogenated alkanes) is 1. The number of anilines is 1. The number of nitrogens with two attached hydrogens (primary N) is 2.